The van der Waals surface area contributed by atoms with Crippen LogP contribution < -0.4 is 10.6 Å². The van der Waals surface area contributed by atoms with Crippen molar-refractivity contribution in [1.29, 1.82) is 0 Å². The lowest BCUT2D eigenvalue weighted by Gasteiger charge is -2.13. The van der Waals surface area contributed by atoms with Crippen LogP contribution in [0, 0.1) is 0 Å². The number of phenolic OH excluding ortho intramolecular Hbond substituents is 1. The maximum absolute atomic E-state index is 12.4. The van der Waals surface area contributed by atoms with E-state index in [-0.39, 0.29) is 11.2 Å². The average molecular weight is 483 g/mol. The molecule has 0 fully saturated rings. The summed E-state index contributed by atoms with van der Waals surface area (Å²) in [7, 11) is 0. The second-order valence-electron chi connectivity index (χ2n) is 6.85. The first-order valence-corrected chi connectivity index (χ1v) is 9.39. The smallest absolute Gasteiger partial charge is 0.324 e. The topological polar surface area (TPSA) is 87.4 Å². The number of urea groups is 1. The molecule has 3 aromatic rings. The van der Waals surface area contributed by atoms with E-state index in [2.05, 4.69) is 47.7 Å². The van der Waals surface area contributed by atoms with Gasteiger partial charge in [-0.05, 0) is 45.6 Å². The maximum atomic E-state index is 12.4. The van der Waals surface area contributed by atoms with Gasteiger partial charge in [0.15, 0.2) is 5.82 Å². The lowest BCUT2D eigenvalue weighted by molar-refractivity contribution is 0.262. The van der Waals surface area contributed by atoms with Crippen LogP contribution in [0.15, 0.2) is 43.8 Å². The molecule has 0 aliphatic heterocycles. The number of carbonyl (C=O) groups excluding carboxylic acids is 1. The van der Waals surface area contributed by atoms with Crippen molar-refractivity contribution >= 4 is 60.2 Å². The number of amides is 2. The van der Waals surface area contributed by atoms with E-state index in [1.54, 1.807) is 24.3 Å². The molecule has 8 heteroatoms. The van der Waals surface area contributed by atoms with Crippen LogP contribution in [0.5, 0.6) is 5.75 Å². The number of anilines is 2. The number of aromatic nitrogens is 1. The molecule has 0 aliphatic carbocycles. The summed E-state index contributed by atoms with van der Waals surface area (Å²) in [6.45, 7) is 5.98. The molecule has 0 aliphatic rings. The standard InChI is InChI=1S/C18H17Br2N3O3/c1-18(2,3)14-8-15(23-26-14)21-17(25)22-16-11-6-9(24)4-5-10(11)12(19)7-13(16)20/h4-8,24H,1-3H3,(H2,21,22,23,25). The first-order chi connectivity index (χ1) is 12.1. The summed E-state index contributed by atoms with van der Waals surface area (Å²) in [4.78, 5) is 12.4. The fourth-order valence-corrected chi connectivity index (χ4v) is 3.84. The van der Waals surface area contributed by atoms with Gasteiger partial charge in [0.1, 0.15) is 11.5 Å². The van der Waals surface area contributed by atoms with Crippen LogP contribution in [0.4, 0.5) is 16.3 Å². The van der Waals surface area contributed by atoms with Crippen LogP contribution in [0.1, 0.15) is 26.5 Å². The number of rotatable bonds is 2. The monoisotopic (exact) mass is 481 g/mol. The van der Waals surface area contributed by atoms with Crippen molar-refractivity contribution in [3.8, 4) is 5.75 Å². The van der Waals surface area contributed by atoms with E-state index in [1.807, 2.05) is 26.8 Å². The van der Waals surface area contributed by atoms with Gasteiger partial charge in [-0.15, -0.1) is 0 Å². The summed E-state index contributed by atoms with van der Waals surface area (Å²) in [6, 6.07) is 8.02. The highest BCUT2D eigenvalue weighted by atomic mass is 79.9. The van der Waals surface area contributed by atoms with Gasteiger partial charge in [0.2, 0.25) is 0 Å². The van der Waals surface area contributed by atoms with Crippen LogP contribution >= 0.6 is 31.9 Å². The second kappa shape index (κ2) is 6.92. The molecule has 0 bridgehead atoms. The predicted octanol–water partition coefficient (Wildman–Crippen LogP) is 6.00. The molecule has 1 heterocycles. The Labute approximate surface area is 167 Å². The number of nitrogens with one attached hydrogen (secondary N) is 2. The molecular weight excluding hydrogens is 466 g/mol. The molecule has 0 radical (unpaired) electrons. The van der Waals surface area contributed by atoms with Crippen molar-refractivity contribution in [2.75, 3.05) is 10.6 Å². The number of hydrogen-bond donors (Lipinski definition) is 3. The molecule has 0 unspecified atom stereocenters. The molecule has 0 saturated heterocycles. The Kier molecular flexibility index (Phi) is 4.98. The summed E-state index contributed by atoms with van der Waals surface area (Å²) < 4.78 is 6.78. The highest BCUT2D eigenvalue weighted by Crippen LogP contribution is 2.38. The van der Waals surface area contributed by atoms with E-state index < -0.39 is 6.03 Å². The Morgan fingerprint density at radius 2 is 1.81 bits per heavy atom. The lowest BCUT2D eigenvalue weighted by atomic mass is 9.93. The minimum atomic E-state index is -0.466. The number of hydrogen-bond acceptors (Lipinski definition) is 4. The number of benzene rings is 2. The van der Waals surface area contributed by atoms with E-state index in [4.69, 9.17) is 4.52 Å². The molecule has 2 amide bonds. The molecule has 0 saturated carbocycles. The Hall–Kier alpha value is -2.06. The van der Waals surface area contributed by atoms with E-state index >= 15 is 0 Å². The highest BCUT2D eigenvalue weighted by molar-refractivity contribution is 9.11. The molecule has 0 spiro atoms. The Bertz CT molecular complexity index is 993. The normalized spacial score (nSPS) is 11.6. The zero-order valence-corrected chi connectivity index (χ0v) is 17.5. The molecule has 6 nitrogen and oxygen atoms in total. The molecule has 136 valence electrons. The maximum Gasteiger partial charge on any atom is 0.324 e. The fraction of sp³-hybridized carbons (Fsp3) is 0.222. The number of fused-ring (bicyclic) bond motifs is 1. The molecular formula is C18H17Br2N3O3. The minimum Gasteiger partial charge on any atom is -0.508 e. The van der Waals surface area contributed by atoms with Crippen molar-refractivity contribution in [2.45, 2.75) is 26.2 Å². The number of carbonyl (C=O) groups is 1. The van der Waals surface area contributed by atoms with Gasteiger partial charge in [-0.1, -0.05) is 41.9 Å². The fourth-order valence-electron chi connectivity index (χ4n) is 2.41. The van der Waals surface area contributed by atoms with Crippen molar-refractivity contribution in [1.82, 2.24) is 5.16 Å². The number of nitrogens with zero attached hydrogens (tertiary/aromatic N) is 1. The number of halogens is 2. The minimum absolute atomic E-state index is 0.109. The van der Waals surface area contributed by atoms with Gasteiger partial charge in [0.25, 0.3) is 0 Å². The number of aromatic hydroxyl groups is 1. The van der Waals surface area contributed by atoms with Gasteiger partial charge in [0.05, 0.1) is 5.69 Å². The van der Waals surface area contributed by atoms with E-state index in [0.29, 0.717) is 27.1 Å². The molecule has 1 aromatic heterocycles. The Morgan fingerprint density at radius 3 is 2.46 bits per heavy atom. The van der Waals surface area contributed by atoms with Gasteiger partial charge >= 0.3 is 6.03 Å². The second-order valence-corrected chi connectivity index (χ2v) is 8.56. The quantitative estimate of drug-likeness (QED) is 0.418. The molecule has 26 heavy (non-hydrogen) atoms. The molecule has 0 atom stereocenters. The molecule has 3 N–H and O–H groups in total. The Balaban J connectivity index is 1.88. The largest absolute Gasteiger partial charge is 0.508 e. The summed E-state index contributed by atoms with van der Waals surface area (Å²) in [5.74, 6) is 1.11. The van der Waals surface area contributed by atoms with Gasteiger partial charge in [-0.2, -0.15) is 0 Å². The highest BCUT2D eigenvalue weighted by Gasteiger charge is 2.21. The summed E-state index contributed by atoms with van der Waals surface area (Å²) in [6.07, 6.45) is 0. The van der Waals surface area contributed by atoms with E-state index in [9.17, 15) is 9.90 Å². The third kappa shape index (κ3) is 3.86. The first kappa shape index (κ1) is 18.7. The summed E-state index contributed by atoms with van der Waals surface area (Å²) in [5, 5.41) is 20.7. The molecule has 2 aromatic carbocycles. The van der Waals surface area contributed by atoms with Gasteiger partial charge in [-0.3, -0.25) is 5.32 Å². The van der Waals surface area contributed by atoms with E-state index in [0.717, 1.165) is 9.86 Å². The SMILES string of the molecule is CC(C)(C)c1cc(NC(=O)Nc2c(Br)cc(Br)c3ccc(O)cc23)no1. The third-order valence-corrected chi connectivity index (χ3v) is 5.03. The Morgan fingerprint density at radius 1 is 1.08 bits per heavy atom. The average Bonchev–Trinajstić information content (AvgIpc) is 2.99. The van der Waals surface area contributed by atoms with Crippen molar-refractivity contribution in [3.05, 3.63) is 45.0 Å². The first-order valence-electron chi connectivity index (χ1n) is 7.81. The van der Waals surface area contributed by atoms with Crippen molar-refractivity contribution in [3.63, 3.8) is 0 Å². The van der Waals surface area contributed by atoms with Crippen LogP contribution in [-0.4, -0.2) is 16.3 Å². The van der Waals surface area contributed by atoms with Crippen molar-refractivity contribution < 1.29 is 14.4 Å². The van der Waals surface area contributed by atoms with Gasteiger partial charge < -0.3 is 14.9 Å². The third-order valence-electron chi connectivity index (χ3n) is 3.75. The lowest BCUT2D eigenvalue weighted by Crippen LogP contribution is -2.20. The van der Waals surface area contributed by atoms with Crippen LogP contribution in [0.2, 0.25) is 0 Å². The zero-order chi connectivity index (χ0) is 19.1. The van der Waals surface area contributed by atoms with Crippen LogP contribution in [0.25, 0.3) is 10.8 Å². The van der Waals surface area contributed by atoms with Crippen molar-refractivity contribution in [2.24, 2.45) is 0 Å². The zero-order valence-electron chi connectivity index (χ0n) is 14.4. The van der Waals surface area contributed by atoms with Gasteiger partial charge in [-0.25, -0.2) is 4.79 Å². The summed E-state index contributed by atoms with van der Waals surface area (Å²) in [5.41, 5.74) is 0.336. The molecule has 3 rings (SSSR count). The summed E-state index contributed by atoms with van der Waals surface area (Å²) >= 11 is 6.93. The van der Waals surface area contributed by atoms with Crippen LogP contribution in [-0.2, 0) is 5.41 Å². The van der Waals surface area contributed by atoms with Gasteiger partial charge in [0, 0.05) is 25.8 Å². The predicted molar refractivity (Wildman–Crippen MR) is 109 cm³/mol. The van der Waals surface area contributed by atoms with Crippen LogP contribution in [0.3, 0.4) is 0 Å². The number of phenols is 1. The van der Waals surface area contributed by atoms with E-state index in [1.165, 1.54) is 0 Å².